The van der Waals surface area contributed by atoms with Gasteiger partial charge in [-0.1, -0.05) is 12.1 Å². The summed E-state index contributed by atoms with van der Waals surface area (Å²) in [5.74, 6) is -1.02. The molecule has 0 saturated heterocycles. The van der Waals surface area contributed by atoms with Crippen LogP contribution in [0.1, 0.15) is 0 Å². The number of para-hydroxylation sites is 1. The molecule has 0 fully saturated rings. The van der Waals surface area contributed by atoms with Crippen molar-refractivity contribution in [1.82, 2.24) is 0 Å². The first-order chi connectivity index (χ1) is 6.16. The lowest BCUT2D eigenvalue weighted by Gasteiger charge is -2.16. The van der Waals surface area contributed by atoms with Gasteiger partial charge in [0.1, 0.15) is 12.4 Å². The predicted molar refractivity (Wildman–Crippen MR) is 46.9 cm³/mol. The van der Waals surface area contributed by atoms with Gasteiger partial charge in [-0.05, 0) is 12.1 Å². The third kappa shape index (κ3) is 2.03. The maximum Gasteiger partial charge on any atom is 0.252 e. The molecule has 0 aliphatic heterocycles. The van der Waals surface area contributed by atoms with E-state index in [1.807, 2.05) is 0 Å². The molecule has 0 aromatic heterocycles. The van der Waals surface area contributed by atoms with Crippen molar-refractivity contribution in [3.8, 4) is 0 Å². The summed E-state index contributed by atoms with van der Waals surface area (Å²) in [6.07, 6.45) is 0. The number of likely N-dealkylation sites (N-methyl/N-ethyl adjacent to an activating group) is 1. The van der Waals surface area contributed by atoms with Gasteiger partial charge in [-0.15, -0.1) is 0 Å². The standard InChI is InChI=1S/C9H10FNO2/c1-11(9(13)6-12)8-5-3-2-4-7(8)10/h2-5,12H,6H2,1H3. The molecule has 0 radical (unpaired) electrons. The molecule has 4 heteroatoms. The van der Waals surface area contributed by atoms with Gasteiger partial charge in [0, 0.05) is 7.05 Å². The van der Waals surface area contributed by atoms with Crippen molar-refractivity contribution in [3.63, 3.8) is 0 Å². The maximum atomic E-state index is 13.1. The van der Waals surface area contributed by atoms with Crippen LogP contribution in [0.5, 0.6) is 0 Å². The predicted octanol–water partition coefficient (Wildman–Crippen LogP) is 0.781. The molecule has 0 unspecified atom stereocenters. The van der Waals surface area contributed by atoms with Gasteiger partial charge in [0.2, 0.25) is 0 Å². The van der Waals surface area contributed by atoms with Gasteiger partial charge in [-0.25, -0.2) is 4.39 Å². The van der Waals surface area contributed by atoms with E-state index in [0.717, 1.165) is 4.90 Å². The summed E-state index contributed by atoms with van der Waals surface area (Å²) < 4.78 is 13.1. The largest absolute Gasteiger partial charge is 0.387 e. The summed E-state index contributed by atoms with van der Waals surface area (Å²) >= 11 is 0. The van der Waals surface area contributed by atoms with Crippen LogP contribution in [0.15, 0.2) is 24.3 Å². The highest BCUT2D eigenvalue weighted by molar-refractivity contribution is 5.93. The summed E-state index contributed by atoms with van der Waals surface area (Å²) in [7, 11) is 1.41. The summed E-state index contributed by atoms with van der Waals surface area (Å²) in [6, 6.07) is 5.90. The SMILES string of the molecule is CN(C(=O)CO)c1ccccc1F. The maximum absolute atomic E-state index is 13.1. The van der Waals surface area contributed by atoms with Gasteiger partial charge in [0.15, 0.2) is 0 Å². The van der Waals surface area contributed by atoms with Crippen molar-refractivity contribution < 1.29 is 14.3 Å². The van der Waals surface area contributed by atoms with Gasteiger partial charge < -0.3 is 10.0 Å². The second-order valence-electron chi connectivity index (χ2n) is 2.56. The molecular formula is C9H10FNO2. The molecule has 0 heterocycles. The summed E-state index contributed by atoms with van der Waals surface area (Å²) in [6.45, 7) is -0.620. The molecule has 0 saturated carbocycles. The number of aliphatic hydroxyl groups is 1. The van der Waals surface area contributed by atoms with Crippen LogP contribution in [-0.4, -0.2) is 24.7 Å². The number of carbonyl (C=O) groups is 1. The second-order valence-corrected chi connectivity index (χ2v) is 2.56. The van der Waals surface area contributed by atoms with Crippen molar-refractivity contribution >= 4 is 11.6 Å². The molecule has 1 aromatic rings. The highest BCUT2D eigenvalue weighted by Gasteiger charge is 2.12. The molecule has 1 aromatic carbocycles. The normalized spacial score (nSPS) is 9.77. The van der Waals surface area contributed by atoms with E-state index in [4.69, 9.17) is 5.11 Å². The van der Waals surface area contributed by atoms with Gasteiger partial charge in [-0.2, -0.15) is 0 Å². The monoisotopic (exact) mass is 183 g/mol. The Hall–Kier alpha value is -1.42. The molecule has 0 atom stereocenters. The first kappa shape index (κ1) is 9.67. The fraction of sp³-hybridized carbons (Fsp3) is 0.222. The summed E-state index contributed by atoms with van der Waals surface area (Å²) in [4.78, 5) is 12.1. The summed E-state index contributed by atoms with van der Waals surface area (Å²) in [5, 5.41) is 8.54. The molecule has 70 valence electrons. The lowest BCUT2D eigenvalue weighted by molar-refractivity contribution is -0.121. The van der Waals surface area contributed by atoms with Gasteiger partial charge in [0.25, 0.3) is 5.91 Å². The Morgan fingerprint density at radius 2 is 2.15 bits per heavy atom. The number of aliphatic hydroxyl groups excluding tert-OH is 1. The number of anilines is 1. The highest BCUT2D eigenvalue weighted by atomic mass is 19.1. The van der Waals surface area contributed by atoms with Gasteiger partial charge in [0.05, 0.1) is 5.69 Å². The minimum absolute atomic E-state index is 0.168. The van der Waals surface area contributed by atoms with E-state index in [1.165, 1.54) is 25.2 Å². The number of carbonyl (C=O) groups excluding carboxylic acids is 1. The Balaban J connectivity index is 2.95. The van der Waals surface area contributed by atoms with Crippen LogP contribution in [0.4, 0.5) is 10.1 Å². The van der Waals surface area contributed by atoms with Crippen molar-refractivity contribution in [2.45, 2.75) is 0 Å². The first-order valence-electron chi connectivity index (χ1n) is 3.78. The van der Waals surface area contributed by atoms with Gasteiger partial charge in [-0.3, -0.25) is 4.79 Å². The quantitative estimate of drug-likeness (QED) is 0.736. The Morgan fingerprint density at radius 1 is 1.54 bits per heavy atom. The topological polar surface area (TPSA) is 40.5 Å². The van der Waals surface area contributed by atoms with E-state index in [9.17, 15) is 9.18 Å². The number of hydrogen-bond acceptors (Lipinski definition) is 2. The molecule has 0 aliphatic rings. The Bertz CT molecular complexity index is 314. The zero-order chi connectivity index (χ0) is 9.84. The fourth-order valence-electron chi connectivity index (χ4n) is 0.964. The molecular weight excluding hydrogens is 173 g/mol. The molecule has 0 spiro atoms. The lowest BCUT2D eigenvalue weighted by Crippen LogP contribution is -2.29. The molecule has 1 N–H and O–H groups in total. The molecule has 1 rings (SSSR count). The number of amides is 1. The number of rotatable bonds is 2. The zero-order valence-electron chi connectivity index (χ0n) is 7.20. The van der Waals surface area contributed by atoms with Crippen LogP contribution in [0.2, 0.25) is 0 Å². The number of nitrogens with zero attached hydrogens (tertiary/aromatic N) is 1. The highest BCUT2D eigenvalue weighted by Crippen LogP contribution is 2.16. The van der Waals surface area contributed by atoms with Crippen LogP contribution in [0.3, 0.4) is 0 Å². The molecule has 13 heavy (non-hydrogen) atoms. The van der Waals surface area contributed by atoms with Crippen LogP contribution < -0.4 is 4.90 Å². The lowest BCUT2D eigenvalue weighted by atomic mass is 10.3. The van der Waals surface area contributed by atoms with E-state index in [2.05, 4.69) is 0 Å². The zero-order valence-corrected chi connectivity index (χ0v) is 7.20. The van der Waals surface area contributed by atoms with E-state index < -0.39 is 18.3 Å². The molecule has 0 bridgehead atoms. The Labute approximate surface area is 75.4 Å². The van der Waals surface area contributed by atoms with Crippen LogP contribution in [0.25, 0.3) is 0 Å². The molecule has 3 nitrogen and oxygen atoms in total. The van der Waals surface area contributed by atoms with Gasteiger partial charge >= 0.3 is 0 Å². The third-order valence-electron chi connectivity index (χ3n) is 1.72. The number of halogens is 1. The summed E-state index contributed by atoms with van der Waals surface area (Å²) in [5.41, 5.74) is 0.168. The average molecular weight is 183 g/mol. The third-order valence-corrected chi connectivity index (χ3v) is 1.72. The van der Waals surface area contributed by atoms with Crippen molar-refractivity contribution in [3.05, 3.63) is 30.1 Å². The van der Waals surface area contributed by atoms with Crippen LogP contribution in [0, 0.1) is 5.82 Å². The van der Waals surface area contributed by atoms with E-state index in [0.29, 0.717) is 0 Å². The minimum atomic E-state index is -0.620. The Morgan fingerprint density at radius 3 is 2.69 bits per heavy atom. The minimum Gasteiger partial charge on any atom is -0.387 e. The first-order valence-corrected chi connectivity index (χ1v) is 3.78. The van der Waals surface area contributed by atoms with Crippen LogP contribution in [-0.2, 0) is 4.79 Å². The molecule has 0 aliphatic carbocycles. The van der Waals surface area contributed by atoms with Crippen molar-refractivity contribution in [2.24, 2.45) is 0 Å². The Kier molecular flexibility index (Phi) is 2.97. The average Bonchev–Trinajstić information content (AvgIpc) is 2.16. The van der Waals surface area contributed by atoms with Crippen LogP contribution >= 0.6 is 0 Å². The van der Waals surface area contributed by atoms with E-state index in [1.54, 1.807) is 6.07 Å². The fourth-order valence-corrected chi connectivity index (χ4v) is 0.964. The smallest absolute Gasteiger partial charge is 0.252 e. The van der Waals surface area contributed by atoms with Crippen molar-refractivity contribution in [2.75, 3.05) is 18.6 Å². The second kappa shape index (κ2) is 4.00. The molecule has 1 amide bonds. The van der Waals surface area contributed by atoms with Crippen molar-refractivity contribution in [1.29, 1.82) is 0 Å². The van der Waals surface area contributed by atoms with E-state index >= 15 is 0 Å². The van der Waals surface area contributed by atoms with E-state index in [-0.39, 0.29) is 5.69 Å². The number of benzene rings is 1. The number of hydrogen-bond donors (Lipinski definition) is 1.